The van der Waals surface area contributed by atoms with Gasteiger partial charge in [-0.15, -0.1) is 0 Å². The SMILES string of the molecule is O=C1CC(N(C(=O)c2ccco2)C2CCCCC2)C(=O)N1c1ccc(I)cc1. The topological polar surface area (TPSA) is 70.8 Å². The van der Waals surface area contributed by atoms with Crippen molar-refractivity contribution in [3.8, 4) is 0 Å². The van der Waals surface area contributed by atoms with Gasteiger partial charge in [-0.25, -0.2) is 4.90 Å². The summed E-state index contributed by atoms with van der Waals surface area (Å²) in [5.41, 5.74) is 0.548. The summed E-state index contributed by atoms with van der Waals surface area (Å²) in [7, 11) is 0. The maximum absolute atomic E-state index is 13.2. The van der Waals surface area contributed by atoms with E-state index < -0.39 is 6.04 Å². The zero-order chi connectivity index (χ0) is 19.7. The second-order valence-electron chi connectivity index (χ2n) is 7.25. The van der Waals surface area contributed by atoms with Crippen molar-refractivity contribution in [3.63, 3.8) is 0 Å². The molecule has 6 nitrogen and oxygen atoms in total. The van der Waals surface area contributed by atoms with E-state index >= 15 is 0 Å². The first kappa shape index (κ1) is 19.2. The summed E-state index contributed by atoms with van der Waals surface area (Å²) >= 11 is 2.18. The molecule has 0 spiro atoms. The molecule has 1 aromatic heterocycles. The quantitative estimate of drug-likeness (QED) is 0.478. The Kier molecular flexibility index (Phi) is 5.52. The van der Waals surface area contributed by atoms with Crippen LogP contribution in [0.15, 0.2) is 47.1 Å². The molecule has 28 heavy (non-hydrogen) atoms. The number of carbonyl (C=O) groups is 3. The molecular formula is C21H21IN2O4. The monoisotopic (exact) mass is 492 g/mol. The number of nitrogens with zero attached hydrogens (tertiary/aromatic N) is 2. The van der Waals surface area contributed by atoms with Crippen molar-refractivity contribution < 1.29 is 18.8 Å². The molecule has 7 heteroatoms. The van der Waals surface area contributed by atoms with Gasteiger partial charge in [0.2, 0.25) is 5.91 Å². The van der Waals surface area contributed by atoms with Crippen LogP contribution in [0.2, 0.25) is 0 Å². The molecule has 146 valence electrons. The van der Waals surface area contributed by atoms with Gasteiger partial charge in [0.15, 0.2) is 5.76 Å². The van der Waals surface area contributed by atoms with Gasteiger partial charge in [0.1, 0.15) is 6.04 Å². The van der Waals surface area contributed by atoms with Gasteiger partial charge in [0.05, 0.1) is 18.4 Å². The Balaban J connectivity index is 1.66. The molecule has 1 saturated heterocycles. The summed E-state index contributed by atoms with van der Waals surface area (Å²) in [6.07, 6.45) is 6.30. The number of hydrogen-bond donors (Lipinski definition) is 0. The fourth-order valence-electron chi connectivity index (χ4n) is 4.14. The average Bonchev–Trinajstić information content (AvgIpc) is 3.33. The number of furan rings is 1. The second-order valence-corrected chi connectivity index (χ2v) is 8.49. The van der Waals surface area contributed by atoms with Gasteiger partial charge >= 0.3 is 0 Å². The zero-order valence-electron chi connectivity index (χ0n) is 15.3. The first-order valence-electron chi connectivity index (χ1n) is 9.55. The summed E-state index contributed by atoms with van der Waals surface area (Å²) in [5.74, 6) is -0.716. The second kappa shape index (κ2) is 8.06. The van der Waals surface area contributed by atoms with Crippen LogP contribution in [0.1, 0.15) is 49.1 Å². The van der Waals surface area contributed by atoms with Crippen LogP contribution >= 0.6 is 22.6 Å². The molecule has 3 amide bonds. The van der Waals surface area contributed by atoms with E-state index in [0.717, 1.165) is 35.7 Å². The lowest BCUT2D eigenvalue weighted by atomic mass is 9.92. The molecule has 0 bridgehead atoms. The molecule has 0 N–H and O–H groups in total. The van der Waals surface area contributed by atoms with E-state index in [4.69, 9.17) is 4.42 Å². The lowest BCUT2D eigenvalue weighted by Gasteiger charge is -2.36. The van der Waals surface area contributed by atoms with E-state index in [-0.39, 0.29) is 35.9 Å². The lowest BCUT2D eigenvalue weighted by Crippen LogP contribution is -2.51. The Labute approximate surface area is 177 Å². The zero-order valence-corrected chi connectivity index (χ0v) is 17.5. The molecule has 1 aromatic carbocycles. The molecule has 2 aromatic rings. The van der Waals surface area contributed by atoms with Crippen LogP contribution in [-0.2, 0) is 9.59 Å². The van der Waals surface area contributed by atoms with Gasteiger partial charge in [-0.2, -0.15) is 0 Å². The first-order chi connectivity index (χ1) is 13.6. The largest absolute Gasteiger partial charge is 0.459 e. The fraction of sp³-hybridized carbons (Fsp3) is 0.381. The van der Waals surface area contributed by atoms with Gasteiger partial charge in [-0.05, 0) is 71.8 Å². The Hall–Kier alpha value is -2.16. The van der Waals surface area contributed by atoms with Crippen molar-refractivity contribution in [2.45, 2.75) is 50.6 Å². The van der Waals surface area contributed by atoms with Crippen molar-refractivity contribution in [3.05, 3.63) is 52.0 Å². The molecule has 1 aliphatic carbocycles. The molecule has 2 heterocycles. The number of anilines is 1. The van der Waals surface area contributed by atoms with Crippen molar-refractivity contribution in [1.29, 1.82) is 0 Å². The van der Waals surface area contributed by atoms with Crippen LogP contribution in [0.3, 0.4) is 0 Å². The number of halogens is 1. The first-order valence-corrected chi connectivity index (χ1v) is 10.6. The molecular weight excluding hydrogens is 471 g/mol. The van der Waals surface area contributed by atoms with Crippen LogP contribution in [0.5, 0.6) is 0 Å². The third kappa shape index (κ3) is 3.59. The van der Waals surface area contributed by atoms with E-state index in [2.05, 4.69) is 22.6 Å². The molecule has 0 radical (unpaired) electrons. The van der Waals surface area contributed by atoms with E-state index in [1.54, 1.807) is 29.2 Å². The molecule has 2 aliphatic rings. The highest BCUT2D eigenvalue weighted by Gasteiger charge is 2.47. The van der Waals surface area contributed by atoms with Crippen molar-refractivity contribution in [1.82, 2.24) is 4.90 Å². The van der Waals surface area contributed by atoms with Gasteiger partial charge in [-0.1, -0.05) is 19.3 Å². The standard InChI is InChI=1S/C21H21IN2O4/c22-14-8-10-16(11-9-14)24-19(25)13-17(20(24)26)23(15-5-2-1-3-6-15)21(27)18-7-4-12-28-18/h4,7-12,15,17H,1-3,5-6,13H2. The number of carbonyl (C=O) groups excluding carboxylic acids is 3. The van der Waals surface area contributed by atoms with Crippen LogP contribution in [0.4, 0.5) is 5.69 Å². The predicted molar refractivity (Wildman–Crippen MR) is 112 cm³/mol. The Morgan fingerprint density at radius 1 is 1.07 bits per heavy atom. The maximum Gasteiger partial charge on any atom is 0.290 e. The van der Waals surface area contributed by atoms with Crippen LogP contribution in [0, 0.1) is 3.57 Å². The predicted octanol–water partition coefficient (Wildman–Crippen LogP) is 3.99. The maximum atomic E-state index is 13.2. The third-order valence-electron chi connectivity index (χ3n) is 5.48. The Bertz CT molecular complexity index is 872. The van der Waals surface area contributed by atoms with Gasteiger partial charge < -0.3 is 9.32 Å². The molecule has 4 rings (SSSR count). The summed E-state index contributed by atoms with van der Waals surface area (Å²) in [6, 6.07) is 9.67. The highest BCUT2D eigenvalue weighted by molar-refractivity contribution is 14.1. The van der Waals surface area contributed by atoms with Crippen LogP contribution in [0.25, 0.3) is 0 Å². The number of imide groups is 1. The van der Waals surface area contributed by atoms with Crippen molar-refractivity contribution >= 4 is 46.0 Å². The highest BCUT2D eigenvalue weighted by Crippen LogP contribution is 2.32. The smallest absolute Gasteiger partial charge is 0.290 e. The van der Waals surface area contributed by atoms with Crippen LogP contribution in [-0.4, -0.2) is 34.7 Å². The van der Waals surface area contributed by atoms with E-state index in [1.807, 2.05) is 12.1 Å². The molecule has 1 saturated carbocycles. The molecule has 2 fully saturated rings. The number of hydrogen-bond acceptors (Lipinski definition) is 4. The fourth-order valence-corrected chi connectivity index (χ4v) is 4.50. The van der Waals surface area contributed by atoms with Gasteiger partial charge in [0.25, 0.3) is 11.8 Å². The third-order valence-corrected chi connectivity index (χ3v) is 6.20. The minimum absolute atomic E-state index is 0.00771. The molecule has 1 unspecified atom stereocenters. The van der Waals surface area contributed by atoms with Gasteiger partial charge in [0, 0.05) is 9.61 Å². The lowest BCUT2D eigenvalue weighted by molar-refractivity contribution is -0.123. The highest BCUT2D eigenvalue weighted by atomic mass is 127. The molecule has 1 atom stereocenters. The van der Waals surface area contributed by atoms with Gasteiger partial charge in [-0.3, -0.25) is 14.4 Å². The minimum atomic E-state index is -0.785. The number of rotatable bonds is 4. The Morgan fingerprint density at radius 2 is 1.79 bits per heavy atom. The summed E-state index contributed by atoms with van der Waals surface area (Å²) in [6.45, 7) is 0. The molecule has 1 aliphatic heterocycles. The normalized spacial score (nSPS) is 20.6. The van der Waals surface area contributed by atoms with E-state index in [0.29, 0.717) is 5.69 Å². The summed E-state index contributed by atoms with van der Waals surface area (Å²) < 4.78 is 6.33. The van der Waals surface area contributed by atoms with Crippen molar-refractivity contribution in [2.75, 3.05) is 4.90 Å². The summed E-state index contributed by atoms with van der Waals surface area (Å²) in [5, 5.41) is 0. The summed E-state index contributed by atoms with van der Waals surface area (Å²) in [4.78, 5) is 42.0. The van der Waals surface area contributed by atoms with E-state index in [1.165, 1.54) is 11.2 Å². The average molecular weight is 492 g/mol. The Morgan fingerprint density at radius 3 is 2.43 bits per heavy atom. The number of benzene rings is 1. The van der Waals surface area contributed by atoms with Crippen molar-refractivity contribution in [2.24, 2.45) is 0 Å². The minimum Gasteiger partial charge on any atom is -0.459 e. The number of amides is 3. The van der Waals surface area contributed by atoms with Crippen LogP contribution < -0.4 is 4.90 Å². The van der Waals surface area contributed by atoms with E-state index in [9.17, 15) is 14.4 Å².